The topological polar surface area (TPSA) is 70.3 Å². The molecule has 0 aliphatic rings. The van der Waals surface area contributed by atoms with Gasteiger partial charge in [0.15, 0.2) is 11.5 Å². The smallest absolute Gasteiger partial charge is 0.248 e. The molecule has 0 spiro atoms. The van der Waals surface area contributed by atoms with Crippen LogP contribution in [0.25, 0.3) is 22.6 Å². The van der Waals surface area contributed by atoms with E-state index in [4.69, 9.17) is 25.5 Å². The number of hydrogen-bond acceptors (Lipinski definition) is 6. The van der Waals surface area contributed by atoms with Crippen LogP contribution in [0.15, 0.2) is 89.7 Å². The van der Waals surface area contributed by atoms with Gasteiger partial charge in [-0.25, -0.2) is 4.98 Å². The highest BCUT2D eigenvalue weighted by Crippen LogP contribution is 2.34. The minimum absolute atomic E-state index is 0.317. The monoisotopic (exact) mass is 469 g/mol. The standard InChI is InChI=1S/C27H20ClN3O3/c1-32-26-15-20(23(27-31-29-17-34-27)14-18-6-10-21(28)11-7-18)9-13-25(26)33-16-22-12-8-19-4-2-3-5-24(19)30-22/h2-15,17H,16H2,1H3/b23-14+. The zero-order valence-electron chi connectivity index (χ0n) is 18.3. The van der Waals surface area contributed by atoms with Gasteiger partial charge in [0.25, 0.3) is 0 Å². The summed E-state index contributed by atoms with van der Waals surface area (Å²) >= 11 is 6.03. The number of nitrogens with zero attached hydrogens (tertiary/aromatic N) is 3. The van der Waals surface area contributed by atoms with E-state index in [1.165, 1.54) is 6.39 Å². The van der Waals surface area contributed by atoms with Crippen molar-refractivity contribution in [2.24, 2.45) is 0 Å². The maximum atomic E-state index is 6.05. The molecule has 2 aromatic heterocycles. The van der Waals surface area contributed by atoms with Crippen LogP contribution in [0.5, 0.6) is 11.5 Å². The van der Waals surface area contributed by atoms with E-state index in [-0.39, 0.29) is 0 Å². The van der Waals surface area contributed by atoms with E-state index in [1.54, 1.807) is 7.11 Å². The fourth-order valence-electron chi connectivity index (χ4n) is 3.58. The average Bonchev–Trinajstić information content (AvgIpc) is 3.42. The summed E-state index contributed by atoms with van der Waals surface area (Å²) in [5.41, 5.74) is 4.30. The van der Waals surface area contributed by atoms with Crippen molar-refractivity contribution in [3.8, 4) is 11.5 Å². The number of fused-ring (bicyclic) bond motifs is 1. The first kappa shape index (κ1) is 21.7. The molecule has 0 bridgehead atoms. The number of methoxy groups -OCH3 is 1. The van der Waals surface area contributed by atoms with Crippen molar-refractivity contribution in [1.82, 2.24) is 15.2 Å². The summed E-state index contributed by atoms with van der Waals surface area (Å²) in [5.74, 6) is 1.59. The third-order valence-electron chi connectivity index (χ3n) is 5.28. The predicted octanol–water partition coefficient (Wildman–Crippen LogP) is 6.45. The van der Waals surface area contributed by atoms with Gasteiger partial charge in [0.2, 0.25) is 12.3 Å². The average molecular weight is 470 g/mol. The van der Waals surface area contributed by atoms with Gasteiger partial charge in [-0.1, -0.05) is 54.1 Å². The fraction of sp³-hybridized carbons (Fsp3) is 0.0741. The van der Waals surface area contributed by atoms with Crippen LogP contribution in [0.4, 0.5) is 0 Å². The number of rotatable bonds is 7. The van der Waals surface area contributed by atoms with Gasteiger partial charge in [-0.3, -0.25) is 0 Å². The Morgan fingerprint density at radius 3 is 2.62 bits per heavy atom. The minimum Gasteiger partial charge on any atom is -0.493 e. The Kier molecular flexibility index (Phi) is 6.23. The van der Waals surface area contributed by atoms with Gasteiger partial charge in [0.1, 0.15) is 6.61 Å². The summed E-state index contributed by atoms with van der Waals surface area (Å²) in [6.07, 6.45) is 3.26. The summed E-state index contributed by atoms with van der Waals surface area (Å²) in [6.45, 7) is 0.317. The van der Waals surface area contributed by atoms with E-state index in [0.717, 1.165) is 33.3 Å². The van der Waals surface area contributed by atoms with Crippen LogP contribution in [-0.4, -0.2) is 22.3 Å². The number of benzene rings is 3. The molecule has 0 atom stereocenters. The highest BCUT2D eigenvalue weighted by Gasteiger charge is 2.15. The predicted molar refractivity (Wildman–Crippen MR) is 132 cm³/mol. The van der Waals surface area contributed by atoms with Gasteiger partial charge in [-0.2, -0.15) is 0 Å². The fourth-order valence-corrected chi connectivity index (χ4v) is 3.71. The molecule has 0 unspecified atom stereocenters. The molecule has 0 fully saturated rings. The molecule has 0 aliphatic heterocycles. The van der Waals surface area contributed by atoms with Crippen molar-refractivity contribution in [3.63, 3.8) is 0 Å². The van der Waals surface area contributed by atoms with Crippen molar-refractivity contribution < 1.29 is 13.9 Å². The first-order valence-electron chi connectivity index (χ1n) is 10.6. The summed E-state index contributed by atoms with van der Waals surface area (Å²) in [6, 6.07) is 25.2. The first-order valence-corrected chi connectivity index (χ1v) is 11.0. The van der Waals surface area contributed by atoms with Gasteiger partial charge in [-0.15, -0.1) is 10.2 Å². The maximum Gasteiger partial charge on any atom is 0.248 e. The number of ether oxygens (including phenoxy) is 2. The molecule has 6 nitrogen and oxygen atoms in total. The lowest BCUT2D eigenvalue weighted by molar-refractivity contribution is 0.281. The number of aromatic nitrogens is 3. The molecule has 0 N–H and O–H groups in total. The molecule has 5 rings (SSSR count). The molecule has 5 aromatic rings. The van der Waals surface area contributed by atoms with Gasteiger partial charge < -0.3 is 13.9 Å². The van der Waals surface area contributed by atoms with Crippen LogP contribution in [0, 0.1) is 0 Å². The molecule has 2 heterocycles. The zero-order chi connectivity index (χ0) is 23.3. The molecule has 0 radical (unpaired) electrons. The molecule has 0 saturated heterocycles. The first-order chi connectivity index (χ1) is 16.7. The minimum atomic E-state index is 0.317. The van der Waals surface area contributed by atoms with Gasteiger partial charge in [-0.05, 0) is 53.6 Å². The molecule has 7 heteroatoms. The van der Waals surface area contributed by atoms with Crippen LogP contribution in [0.1, 0.15) is 22.7 Å². The Labute approximate surface area is 201 Å². The van der Waals surface area contributed by atoms with E-state index in [9.17, 15) is 0 Å². The van der Waals surface area contributed by atoms with Gasteiger partial charge in [0.05, 0.1) is 18.3 Å². The number of para-hydroxylation sites is 1. The van der Waals surface area contributed by atoms with Crippen molar-refractivity contribution in [1.29, 1.82) is 0 Å². The van der Waals surface area contributed by atoms with Crippen LogP contribution in [0.3, 0.4) is 0 Å². The summed E-state index contributed by atoms with van der Waals surface area (Å²) in [4.78, 5) is 4.67. The molecule has 0 amide bonds. The molecule has 168 valence electrons. The van der Waals surface area contributed by atoms with E-state index in [0.29, 0.717) is 29.0 Å². The van der Waals surface area contributed by atoms with Crippen molar-refractivity contribution in [2.45, 2.75) is 6.61 Å². The van der Waals surface area contributed by atoms with Crippen LogP contribution in [0.2, 0.25) is 5.02 Å². The van der Waals surface area contributed by atoms with Crippen molar-refractivity contribution in [3.05, 3.63) is 113 Å². The van der Waals surface area contributed by atoms with Crippen molar-refractivity contribution >= 4 is 34.2 Å². The van der Waals surface area contributed by atoms with Crippen molar-refractivity contribution in [2.75, 3.05) is 7.11 Å². The Balaban J connectivity index is 1.43. The lowest BCUT2D eigenvalue weighted by Gasteiger charge is -2.13. The Bertz CT molecular complexity index is 1450. The summed E-state index contributed by atoms with van der Waals surface area (Å²) in [5, 5.41) is 9.68. The molecular formula is C27H20ClN3O3. The summed E-state index contributed by atoms with van der Waals surface area (Å²) in [7, 11) is 1.61. The van der Waals surface area contributed by atoms with E-state index in [1.807, 2.05) is 84.9 Å². The van der Waals surface area contributed by atoms with E-state index < -0.39 is 0 Å². The lowest BCUT2D eigenvalue weighted by atomic mass is 10.0. The van der Waals surface area contributed by atoms with Crippen LogP contribution < -0.4 is 9.47 Å². The van der Waals surface area contributed by atoms with Gasteiger partial charge >= 0.3 is 0 Å². The third-order valence-corrected chi connectivity index (χ3v) is 5.53. The second kappa shape index (κ2) is 9.77. The zero-order valence-corrected chi connectivity index (χ0v) is 19.1. The summed E-state index contributed by atoms with van der Waals surface area (Å²) < 4.78 is 17.2. The van der Waals surface area contributed by atoms with E-state index in [2.05, 4.69) is 15.2 Å². The Morgan fingerprint density at radius 1 is 0.971 bits per heavy atom. The SMILES string of the molecule is COc1cc(/C(=C\c2ccc(Cl)cc2)c2nnco2)ccc1OCc1ccc2ccccc2n1. The second-order valence-electron chi connectivity index (χ2n) is 7.50. The maximum absolute atomic E-state index is 6.05. The molecule has 0 saturated carbocycles. The number of hydrogen-bond donors (Lipinski definition) is 0. The third kappa shape index (κ3) is 4.77. The molecule has 3 aromatic carbocycles. The lowest BCUT2D eigenvalue weighted by Crippen LogP contribution is -2.01. The normalized spacial score (nSPS) is 11.5. The number of halogens is 1. The molecule has 0 aliphatic carbocycles. The number of pyridine rings is 1. The van der Waals surface area contributed by atoms with Crippen LogP contribution >= 0.6 is 11.6 Å². The highest BCUT2D eigenvalue weighted by atomic mass is 35.5. The largest absolute Gasteiger partial charge is 0.493 e. The molecular weight excluding hydrogens is 450 g/mol. The Hall–Kier alpha value is -4.16. The quantitative estimate of drug-likeness (QED) is 0.255. The Morgan fingerprint density at radius 2 is 1.82 bits per heavy atom. The second-order valence-corrected chi connectivity index (χ2v) is 7.94. The van der Waals surface area contributed by atoms with Crippen LogP contribution in [-0.2, 0) is 6.61 Å². The van der Waals surface area contributed by atoms with E-state index >= 15 is 0 Å². The molecule has 34 heavy (non-hydrogen) atoms. The van der Waals surface area contributed by atoms with Gasteiger partial charge in [0, 0.05) is 16.0 Å². The highest BCUT2D eigenvalue weighted by molar-refractivity contribution is 6.30.